The average Bonchev–Trinajstić information content (AvgIpc) is 2.57. The molecule has 1 N–H and O–H groups in total. The molecule has 120 valence electrons. The van der Waals surface area contributed by atoms with Gasteiger partial charge in [-0.3, -0.25) is 9.59 Å². The largest absolute Gasteiger partial charge is 0.497 e. The number of thioether (sulfide) groups is 1. The van der Waals surface area contributed by atoms with E-state index >= 15 is 0 Å². The highest BCUT2D eigenvalue weighted by molar-refractivity contribution is 7.98. The SMILES string of the molecule is COc1ccc(C2CC(=O)Nc3c2c(=O)nc(SC)n3C)cc1. The van der Waals surface area contributed by atoms with Gasteiger partial charge in [-0.15, -0.1) is 0 Å². The number of nitrogens with zero attached hydrogens (tertiary/aromatic N) is 2. The topological polar surface area (TPSA) is 73.2 Å². The smallest absolute Gasteiger partial charge is 0.279 e. The molecule has 1 aromatic heterocycles. The van der Waals surface area contributed by atoms with Gasteiger partial charge < -0.3 is 14.6 Å². The Morgan fingerprint density at radius 3 is 2.61 bits per heavy atom. The summed E-state index contributed by atoms with van der Waals surface area (Å²) >= 11 is 1.37. The van der Waals surface area contributed by atoms with Crippen molar-refractivity contribution in [1.82, 2.24) is 9.55 Å². The van der Waals surface area contributed by atoms with Crippen molar-refractivity contribution in [2.24, 2.45) is 7.05 Å². The number of nitrogens with one attached hydrogen (secondary N) is 1. The van der Waals surface area contributed by atoms with E-state index in [2.05, 4.69) is 10.3 Å². The molecule has 0 aliphatic carbocycles. The number of hydrogen-bond acceptors (Lipinski definition) is 5. The predicted octanol–water partition coefficient (Wildman–Crippen LogP) is 1.98. The summed E-state index contributed by atoms with van der Waals surface area (Å²) in [5.41, 5.74) is 1.15. The number of methoxy groups -OCH3 is 1. The summed E-state index contributed by atoms with van der Waals surface area (Å²) in [7, 11) is 3.40. The molecule has 0 radical (unpaired) electrons. The van der Waals surface area contributed by atoms with Gasteiger partial charge in [0.1, 0.15) is 11.6 Å². The summed E-state index contributed by atoms with van der Waals surface area (Å²) in [4.78, 5) is 28.7. The molecule has 0 saturated heterocycles. The van der Waals surface area contributed by atoms with Crippen LogP contribution in [0.5, 0.6) is 5.75 Å². The highest BCUT2D eigenvalue weighted by Gasteiger charge is 2.31. The van der Waals surface area contributed by atoms with Gasteiger partial charge in [0, 0.05) is 19.4 Å². The molecule has 1 amide bonds. The Kier molecular flexibility index (Phi) is 4.12. The quantitative estimate of drug-likeness (QED) is 0.688. The molecular weight excluding hydrogens is 314 g/mol. The van der Waals surface area contributed by atoms with Crippen LogP contribution in [0.2, 0.25) is 0 Å². The first-order valence-electron chi connectivity index (χ1n) is 7.14. The maximum atomic E-state index is 12.5. The zero-order valence-corrected chi connectivity index (χ0v) is 13.9. The summed E-state index contributed by atoms with van der Waals surface area (Å²) < 4.78 is 6.92. The van der Waals surface area contributed by atoms with Gasteiger partial charge in [-0.25, -0.2) is 0 Å². The van der Waals surface area contributed by atoms with Crippen LogP contribution >= 0.6 is 11.8 Å². The monoisotopic (exact) mass is 331 g/mol. The predicted molar refractivity (Wildman–Crippen MR) is 89.3 cm³/mol. The van der Waals surface area contributed by atoms with Crippen LogP contribution in [0, 0.1) is 0 Å². The number of carbonyl (C=O) groups is 1. The maximum Gasteiger partial charge on any atom is 0.279 e. The van der Waals surface area contributed by atoms with Crippen LogP contribution in [0.1, 0.15) is 23.5 Å². The maximum absolute atomic E-state index is 12.5. The van der Waals surface area contributed by atoms with Crippen molar-refractivity contribution in [3.05, 3.63) is 45.7 Å². The van der Waals surface area contributed by atoms with Gasteiger partial charge in [-0.05, 0) is 24.0 Å². The van der Waals surface area contributed by atoms with Gasteiger partial charge in [0.15, 0.2) is 5.16 Å². The summed E-state index contributed by atoms with van der Waals surface area (Å²) in [6.45, 7) is 0. The van der Waals surface area contributed by atoms with Gasteiger partial charge in [0.25, 0.3) is 5.56 Å². The second kappa shape index (κ2) is 6.08. The second-order valence-electron chi connectivity index (χ2n) is 5.30. The van der Waals surface area contributed by atoms with E-state index < -0.39 is 0 Å². The number of aromatic nitrogens is 2. The van der Waals surface area contributed by atoms with E-state index in [4.69, 9.17) is 4.74 Å². The molecule has 7 heteroatoms. The third-order valence-corrected chi connectivity index (χ3v) is 4.73. The number of carbonyl (C=O) groups excluding carboxylic acids is 1. The number of fused-ring (bicyclic) bond motifs is 1. The van der Waals surface area contributed by atoms with Gasteiger partial charge >= 0.3 is 0 Å². The molecule has 0 saturated carbocycles. The molecule has 23 heavy (non-hydrogen) atoms. The van der Waals surface area contributed by atoms with Crippen LogP contribution < -0.4 is 15.6 Å². The summed E-state index contributed by atoms with van der Waals surface area (Å²) in [6.07, 6.45) is 2.08. The van der Waals surface area contributed by atoms with Crippen LogP contribution in [-0.4, -0.2) is 28.8 Å². The summed E-state index contributed by atoms with van der Waals surface area (Å²) in [5.74, 6) is 0.864. The Labute approximate surface area is 137 Å². The summed E-state index contributed by atoms with van der Waals surface area (Å²) in [6, 6.07) is 7.42. The fourth-order valence-electron chi connectivity index (χ4n) is 2.84. The van der Waals surface area contributed by atoms with Crippen LogP contribution in [0.4, 0.5) is 5.82 Å². The van der Waals surface area contributed by atoms with Crippen LogP contribution in [0.15, 0.2) is 34.2 Å². The van der Waals surface area contributed by atoms with Crippen LogP contribution in [-0.2, 0) is 11.8 Å². The number of anilines is 1. The molecular formula is C16H17N3O3S. The first-order chi connectivity index (χ1) is 11.0. The lowest BCUT2D eigenvalue weighted by molar-refractivity contribution is -0.116. The Morgan fingerprint density at radius 1 is 1.30 bits per heavy atom. The lowest BCUT2D eigenvalue weighted by Crippen LogP contribution is -2.33. The molecule has 1 aliphatic heterocycles. The molecule has 6 nitrogen and oxygen atoms in total. The number of amides is 1. The molecule has 2 heterocycles. The third kappa shape index (κ3) is 2.72. The summed E-state index contributed by atoms with van der Waals surface area (Å²) in [5, 5.41) is 3.39. The van der Waals surface area contributed by atoms with E-state index in [1.54, 1.807) is 18.7 Å². The number of benzene rings is 1. The molecule has 0 bridgehead atoms. The van der Waals surface area contributed by atoms with Gasteiger partial charge in [-0.2, -0.15) is 4.98 Å². The van der Waals surface area contributed by atoms with Gasteiger partial charge in [0.2, 0.25) is 5.91 Å². The van der Waals surface area contributed by atoms with Crippen molar-refractivity contribution in [2.45, 2.75) is 17.5 Å². The van der Waals surface area contributed by atoms with E-state index in [9.17, 15) is 9.59 Å². The molecule has 1 unspecified atom stereocenters. The molecule has 3 rings (SSSR count). The van der Waals surface area contributed by atoms with Crippen molar-refractivity contribution in [3.63, 3.8) is 0 Å². The minimum absolute atomic E-state index is 0.105. The normalized spacial score (nSPS) is 16.7. The molecule has 1 atom stereocenters. The van der Waals surface area contributed by atoms with E-state index in [0.29, 0.717) is 16.5 Å². The second-order valence-corrected chi connectivity index (χ2v) is 6.08. The minimum atomic E-state index is -0.299. The Bertz CT molecular complexity index is 815. The van der Waals surface area contributed by atoms with Crippen molar-refractivity contribution in [2.75, 3.05) is 18.7 Å². The number of hydrogen-bond donors (Lipinski definition) is 1. The first-order valence-corrected chi connectivity index (χ1v) is 8.36. The van der Waals surface area contributed by atoms with Crippen molar-refractivity contribution in [3.8, 4) is 5.75 Å². The average molecular weight is 331 g/mol. The third-order valence-electron chi connectivity index (χ3n) is 4.00. The molecule has 0 spiro atoms. The van der Waals surface area contributed by atoms with E-state index in [1.807, 2.05) is 30.5 Å². The van der Waals surface area contributed by atoms with Crippen molar-refractivity contribution < 1.29 is 9.53 Å². The molecule has 2 aromatic rings. The highest BCUT2D eigenvalue weighted by Crippen LogP contribution is 2.35. The molecule has 1 aromatic carbocycles. The van der Waals surface area contributed by atoms with E-state index in [1.165, 1.54) is 11.8 Å². The fourth-order valence-corrected chi connectivity index (χ4v) is 3.38. The zero-order chi connectivity index (χ0) is 16.6. The van der Waals surface area contributed by atoms with E-state index in [-0.39, 0.29) is 23.8 Å². The zero-order valence-electron chi connectivity index (χ0n) is 13.1. The van der Waals surface area contributed by atoms with Crippen molar-refractivity contribution >= 4 is 23.5 Å². The Balaban J connectivity index is 2.16. The minimum Gasteiger partial charge on any atom is -0.497 e. The first kappa shape index (κ1) is 15.6. The van der Waals surface area contributed by atoms with Gasteiger partial charge in [0.05, 0.1) is 12.7 Å². The lowest BCUT2D eigenvalue weighted by atomic mass is 9.87. The van der Waals surface area contributed by atoms with Crippen molar-refractivity contribution in [1.29, 1.82) is 0 Å². The number of ether oxygens (including phenoxy) is 1. The Morgan fingerprint density at radius 2 is 2.00 bits per heavy atom. The molecule has 0 fully saturated rings. The number of rotatable bonds is 3. The Hall–Kier alpha value is -2.28. The van der Waals surface area contributed by atoms with Crippen LogP contribution in [0.25, 0.3) is 0 Å². The fraction of sp³-hybridized carbons (Fsp3) is 0.312. The lowest BCUT2D eigenvalue weighted by Gasteiger charge is -2.27. The highest BCUT2D eigenvalue weighted by atomic mass is 32.2. The standard InChI is InChI=1S/C16H17N3O3S/c1-19-14-13(15(21)18-16(19)23-3)11(8-12(20)17-14)9-4-6-10(22-2)7-5-9/h4-7,11H,8H2,1-3H3,(H,17,20). The van der Waals surface area contributed by atoms with Crippen LogP contribution in [0.3, 0.4) is 0 Å². The van der Waals surface area contributed by atoms with E-state index in [0.717, 1.165) is 11.3 Å². The molecule has 1 aliphatic rings. The van der Waals surface area contributed by atoms with Gasteiger partial charge in [-0.1, -0.05) is 23.9 Å².